The molecule has 2 aromatic rings. The molecule has 0 aliphatic carbocycles. The van der Waals surface area contributed by atoms with Gasteiger partial charge in [0.25, 0.3) is 0 Å². The van der Waals surface area contributed by atoms with Gasteiger partial charge in [0, 0.05) is 39.6 Å². The minimum Gasteiger partial charge on any atom is -0.374 e. The summed E-state index contributed by atoms with van der Waals surface area (Å²) in [5, 5.41) is 3.94. The number of hydrogen-bond donors (Lipinski definition) is 0. The van der Waals surface area contributed by atoms with E-state index in [2.05, 4.69) is 21.3 Å². The largest absolute Gasteiger partial charge is 0.374 e. The summed E-state index contributed by atoms with van der Waals surface area (Å²) in [7, 11) is 0. The number of carbonyl (C=O) groups excluding carboxylic acids is 1. The maximum absolute atomic E-state index is 10.4. The predicted octanol–water partition coefficient (Wildman–Crippen LogP) is 0.926. The predicted molar refractivity (Wildman–Crippen MR) is 48.4 cm³/mol. The van der Waals surface area contributed by atoms with Gasteiger partial charge in [0.2, 0.25) is 5.28 Å². The standard InChI is InChI=1S/C8H4ClN4O.W/c9-8-10-2-1-7(12-8)13-4-6(5-14)3-11-13;/h1-2,4-5H;/q-1;. The summed E-state index contributed by atoms with van der Waals surface area (Å²) in [6.07, 6.45) is 6.19. The van der Waals surface area contributed by atoms with Crippen molar-refractivity contribution in [2.24, 2.45) is 0 Å². The van der Waals surface area contributed by atoms with E-state index in [-0.39, 0.29) is 26.3 Å². The summed E-state index contributed by atoms with van der Waals surface area (Å²) in [5.41, 5.74) is 0.361. The molecule has 0 amide bonds. The quantitative estimate of drug-likeness (QED) is 0.434. The molecule has 0 N–H and O–H groups in total. The van der Waals surface area contributed by atoms with Crippen LogP contribution >= 0.6 is 11.6 Å². The number of rotatable bonds is 2. The van der Waals surface area contributed by atoms with Crippen LogP contribution in [-0.2, 0) is 21.1 Å². The zero-order chi connectivity index (χ0) is 9.97. The van der Waals surface area contributed by atoms with Gasteiger partial charge in [-0.15, -0.1) is 5.56 Å². The molecule has 7 heteroatoms. The Morgan fingerprint density at radius 1 is 1.53 bits per heavy atom. The van der Waals surface area contributed by atoms with Crippen molar-refractivity contribution >= 4 is 17.9 Å². The molecule has 5 nitrogen and oxygen atoms in total. The SMILES string of the molecule is O=Cc1[c-]nn(-c2ccnc(Cl)n2)c1.[W]. The topological polar surface area (TPSA) is 60.7 Å². The van der Waals surface area contributed by atoms with Gasteiger partial charge in [-0.05, 0) is 17.8 Å². The molecule has 0 aliphatic heterocycles. The smallest absolute Gasteiger partial charge is 0.224 e. The van der Waals surface area contributed by atoms with E-state index in [0.29, 0.717) is 17.7 Å². The molecular weight excluding hydrogens is 387 g/mol. The van der Waals surface area contributed by atoms with Gasteiger partial charge in [0.05, 0.1) is 0 Å². The zero-order valence-corrected chi connectivity index (χ0v) is 11.0. The molecule has 0 bridgehead atoms. The summed E-state index contributed by atoms with van der Waals surface area (Å²) >= 11 is 5.59. The van der Waals surface area contributed by atoms with E-state index in [4.69, 9.17) is 11.6 Å². The normalized spacial score (nSPS) is 9.40. The van der Waals surface area contributed by atoms with Crippen molar-refractivity contribution in [3.63, 3.8) is 0 Å². The van der Waals surface area contributed by atoms with Crippen LogP contribution in [0.3, 0.4) is 0 Å². The summed E-state index contributed by atoms with van der Waals surface area (Å²) in [4.78, 5) is 18.0. The molecule has 0 saturated carbocycles. The average molecular weight is 391 g/mol. The second kappa shape index (κ2) is 5.14. The number of hydrogen-bond acceptors (Lipinski definition) is 4. The van der Waals surface area contributed by atoms with E-state index in [1.807, 2.05) is 0 Å². The third kappa shape index (κ3) is 2.70. The van der Waals surface area contributed by atoms with Crippen LogP contribution in [0, 0.1) is 6.20 Å². The molecule has 0 atom stereocenters. The Morgan fingerprint density at radius 3 is 2.93 bits per heavy atom. The van der Waals surface area contributed by atoms with Crippen LogP contribution in [0.4, 0.5) is 0 Å². The Bertz CT molecular complexity index is 473. The third-order valence-corrected chi connectivity index (χ3v) is 1.70. The summed E-state index contributed by atoms with van der Waals surface area (Å²) in [6, 6.07) is 1.63. The fraction of sp³-hybridized carbons (Fsp3) is 0. The van der Waals surface area contributed by atoms with E-state index in [1.165, 1.54) is 17.1 Å². The van der Waals surface area contributed by atoms with Crippen LogP contribution in [0.1, 0.15) is 10.4 Å². The van der Waals surface area contributed by atoms with E-state index >= 15 is 0 Å². The second-order valence-corrected chi connectivity index (χ2v) is 2.78. The molecule has 15 heavy (non-hydrogen) atoms. The molecular formula is C8H4ClN4OW-. The molecule has 0 spiro atoms. The molecule has 0 aliphatic rings. The maximum atomic E-state index is 10.4. The van der Waals surface area contributed by atoms with Gasteiger partial charge in [-0.3, -0.25) is 9.78 Å². The molecule has 0 saturated heterocycles. The number of carbonyl (C=O) groups is 1. The van der Waals surface area contributed by atoms with Crippen LogP contribution in [0.5, 0.6) is 0 Å². The Kier molecular flexibility index (Phi) is 4.12. The fourth-order valence-electron chi connectivity index (χ4n) is 0.929. The minimum absolute atomic E-state index is 0. The van der Waals surface area contributed by atoms with E-state index in [1.54, 1.807) is 6.07 Å². The summed E-state index contributed by atoms with van der Waals surface area (Å²) < 4.78 is 1.40. The minimum atomic E-state index is 0. The number of aromatic nitrogens is 4. The fourth-order valence-corrected chi connectivity index (χ4v) is 1.07. The molecule has 2 aromatic heterocycles. The first-order valence-corrected chi connectivity index (χ1v) is 4.09. The van der Waals surface area contributed by atoms with Crippen molar-refractivity contribution in [1.82, 2.24) is 19.7 Å². The van der Waals surface area contributed by atoms with Gasteiger partial charge in [-0.1, -0.05) is 6.20 Å². The summed E-state index contributed by atoms with van der Waals surface area (Å²) in [5.74, 6) is 0.495. The molecule has 2 heterocycles. The van der Waals surface area contributed by atoms with E-state index in [9.17, 15) is 4.79 Å². The maximum Gasteiger partial charge on any atom is 0.224 e. The first-order valence-electron chi connectivity index (χ1n) is 3.71. The van der Waals surface area contributed by atoms with Gasteiger partial charge < -0.3 is 4.79 Å². The monoisotopic (exact) mass is 391 g/mol. The van der Waals surface area contributed by atoms with E-state index < -0.39 is 0 Å². The van der Waals surface area contributed by atoms with Crippen molar-refractivity contribution < 1.29 is 25.9 Å². The molecule has 76 valence electrons. The number of halogens is 1. The van der Waals surface area contributed by atoms with Crippen LogP contribution < -0.4 is 0 Å². The Morgan fingerprint density at radius 2 is 2.33 bits per heavy atom. The van der Waals surface area contributed by atoms with Gasteiger partial charge in [-0.25, -0.2) is 4.98 Å². The number of aldehydes is 1. The van der Waals surface area contributed by atoms with E-state index in [0.717, 1.165) is 0 Å². The van der Waals surface area contributed by atoms with Crippen molar-refractivity contribution in [3.8, 4) is 5.82 Å². The first-order chi connectivity index (χ1) is 6.79. The van der Waals surface area contributed by atoms with Crippen molar-refractivity contribution in [2.75, 3.05) is 0 Å². The van der Waals surface area contributed by atoms with Crippen LogP contribution in [0.25, 0.3) is 5.82 Å². The zero-order valence-electron chi connectivity index (χ0n) is 7.29. The first kappa shape index (κ1) is 12.0. The molecule has 0 aromatic carbocycles. The van der Waals surface area contributed by atoms with Gasteiger partial charge in [0.15, 0.2) is 0 Å². The van der Waals surface area contributed by atoms with Crippen molar-refractivity contribution in [1.29, 1.82) is 0 Å². The Hall–Kier alpha value is -1.06. The molecule has 0 unspecified atom stereocenters. The molecule has 0 fully saturated rings. The van der Waals surface area contributed by atoms with Gasteiger partial charge in [-0.2, -0.15) is 4.98 Å². The number of nitrogens with zero attached hydrogens (tertiary/aromatic N) is 4. The molecule has 0 radical (unpaired) electrons. The second-order valence-electron chi connectivity index (χ2n) is 2.44. The van der Waals surface area contributed by atoms with Gasteiger partial charge in [0.1, 0.15) is 5.82 Å². The van der Waals surface area contributed by atoms with Crippen LogP contribution in [0.15, 0.2) is 18.5 Å². The summed E-state index contributed by atoms with van der Waals surface area (Å²) in [6.45, 7) is 0. The van der Waals surface area contributed by atoms with Crippen LogP contribution in [-0.4, -0.2) is 26.0 Å². The van der Waals surface area contributed by atoms with Gasteiger partial charge >= 0.3 is 0 Å². The Balaban J connectivity index is 0.00000112. The third-order valence-electron chi connectivity index (χ3n) is 1.52. The average Bonchev–Trinajstić information content (AvgIpc) is 2.66. The van der Waals surface area contributed by atoms with Crippen molar-refractivity contribution in [3.05, 3.63) is 35.5 Å². The Labute approximate surface area is 105 Å². The molecule has 2 rings (SSSR count). The van der Waals surface area contributed by atoms with Crippen LogP contribution in [0.2, 0.25) is 5.28 Å². The van der Waals surface area contributed by atoms with Crippen molar-refractivity contribution in [2.45, 2.75) is 0 Å².